The first-order chi connectivity index (χ1) is 12.8. The molecule has 1 aliphatic rings. The topological polar surface area (TPSA) is 118 Å². The summed E-state index contributed by atoms with van der Waals surface area (Å²) in [6.45, 7) is 1.97. The van der Waals surface area contributed by atoms with Gasteiger partial charge in [-0.2, -0.15) is 13.2 Å². The number of rotatable bonds is 5. The van der Waals surface area contributed by atoms with Crippen LogP contribution >= 0.6 is 0 Å². The highest BCUT2D eigenvalue weighted by Gasteiger charge is 2.47. The van der Waals surface area contributed by atoms with Crippen LogP contribution in [0, 0.1) is 10.1 Å². The lowest BCUT2D eigenvalue weighted by molar-refractivity contribution is -0.388. The fourth-order valence-corrected chi connectivity index (χ4v) is 4.40. The van der Waals surface area contributed by atoms with Gasteiger partial charge in [0.2, 0.25) is 5.91 Å². The molecule has 1 fully saturated rings. The molecule has 28 heavy (non-hydrogen) atoms. The standard InChI is InChI=1S/C14H16F3N3O6S2/c1-18-4-6-19(7-5-18)13(21)9-27(24)12-3-2-10(8-11(12)20(22)23)28(25,26)14(15,16)17/h2-3,8H,4-7,9H2,1H3. The van der Waals surface area contributed by atoms with E-state index in [1.807, 2.05) is 11.9 Å². The number of hydrogen-bond donors (Lipinski definition) is 0. The molecule has 1 atom stereocenters. The van der Waals surface area contributed by atoms with Crippen LogP contribution in [0.2, 0.25) is 0 Å². The Morgan fingerprint density at radius 2 is 1.82 bits per heavy atom. The molecule has 2 rings (SSSR count). The number of nitrogens with zero attached hydrogens (tertiary/aromatic N) is 3. The van der Waals surface area contributed by atoms with Crippen LogP contribution in [0.1, 0.15) is 0 Å². The number of nitro groups is 1. The van der Waals surface area contributed by atoms with E-state index in [1.165, 1.54) is 4.90 Å². The number of hydrogen-bond acceptors (Lipinski definition) is 7. The Kier molecular flexibility index (Phi) is 6.45. The van der Waals surface area contributed by atoms with Gasteiger partial charge in [-0.15, -0.1) is 0 Å². The summed E-state index contributed by atoms with van der Waals surface area (Å²) in [5, 5.41) is 11.2. The minimum atomic E-state index is -5.80. The maximum Gasteiger partial charge on any atom is 0.501 e. The Bertz CT molecular complexity index is 911. The third-order valence-electron chi connectivity index (χ3n) is 4.10. The monoisotopic (exact) mass is 443 g/mol. The number of piperazine rings is 1. The van der Waals surface area contributed by atoms with Crippen molar-refractivity contribution in [3.8, 4) is 0 Å². The molecule has 0 radical (unpaired) electrons. The van der Waals surface area contributed by atoms with Crippen molar-refractivity contribution in [3.63, 3.8) is 0 Å². The molecule has 0 saturated carbocycles. The summed E-state index contributed by atoms with van der Waals surface area (Å²) in [6, 6.07) is 1.36. The van der Waals surface area contributed by atoms with E-state index in [4.69, 9.17) is 0 Å². The molecule has 1 aromatic carbocycles. The largest absolute Gasteiger partial charge is 0.501 e. The normalized spacial score (nSPS) is 17.4. The Labute approximate surface area is 160 Å². The number of amides is 1. The van der Waals surface area contributed by atoms with Crippen molar-refractivity contribution in [1.82, 2.24) is 9.80 Å². The highest BCUT2D eigenvalue weighted by molar-refractivity contribution is 7.92. The molecular weight excluding hydrogens is 427 g/mol. The zero-order valence-electron chi connectivity index (χ0n) is 14.5. The average molecular weight is 443 g/mol. The molecular formula is C14H16F3N3O6S2. The molecule has 1 unspecified atom stereocenters. The van der Waals surface area contributed by atoms with Gasteiger partial charge in [-0.25, -0.2) is 8.42 Å². The van der Waals surface area contributed by atoms with Crippen LogP contribution < -0.4 is 0 Å². The second kappa shape index (κ2) is 8.13. The lowest BCUT2D eigenvalue weighted by atomic mass is 10.3. The molecule has 1 aromatic rings. The molecule has 0 aliphatic carbocycles. The van der Waals surface area contributed by atoms with Crippen LogP contribution in [0.3, 0.4) is 0 Å². The predicted molar refractivity (Wildman–Crippen MR) is 91.7 cm³/mol. The summed E-state index contributed by atoms with van der Waals surface area (Å²) < 4.78 is 73.2. The van der Waals surface area contributed by atoms with E-state index in [1.54, 1.807) is 0 Å². The molecule has 156 valence electrons. The Morgan fingerprint density at radius 1 is 1.25 bits per heavy atom. The van der Waals surface area contributed by atoms with Gasteiger partial charge < -0.3 is 9.80 Å². The Morgan fingerprint density at radius 3 is 2.32 bits per heavy atom. The first-order valence-electron chi connectivity index (χ1n) is 7.79. The van der Waals surface area contributed by atoms with Gasteiger partial charge in [-0.05, 0) is 19.2 Å². The van der Waals surface area contributed by atoms with Crippen molar-refractivity contribution >= 4 is 32.2 Å². The van der Waals surface area contributed by atoms with Gasteiger partial charge in [0, 0.05) is 32.2 Å². The SMILES string of the molecule is CN1CCN(C(=O)CS(=O)c2ccc(S(=O)(=O)C(F)(F)F)cc2[N+](=O)[O-])CC1. The van der Waals surface area contributed by atoms with E-state index < -0.39 is 58.2 Å². The maximum absolute atomic E-state index is 12.6. The fourth-order valence-electron chi connectivity index (χ4n) is 2.47. The fraction of sp³-hybridized carbons (Fsp3) is 0.500. The number of sulfone groups is 1. The van der Waals surface area contributed by atoms with E-state index >= 15 is 0 Å². The molecule has 0 spiro atoms. The highest BCUT2D eigenvalue weighted by atomic mass is 32.2. The zero-order chi connectivity index (χ0) is 21.3. The van der Waals surface area contributed by atoms with Gasteiger partial charge in [0.15, 0.2) is 0 Å². The molecule has 1 aliphatic heterocycles. The second-order valence-corrected chi connectivity index (χ2v) is 9.37. The van der Waals surface area contributed by atoms with E-state index in [-0.39, 0.29) is 6.07 Å². The first-order valence-corrected chi connectivity index (χ1v) is 10.6. The van der Waals surface area contributed by atoms with Gasteiger partial charge in [-0.1, -0.05) is 0 Å². The predicted octanol–water partition coefficient (Wildman–Crippen LogP) is 0.770. The van der Waals surface area contributed by atoms with Crippen molar-refractivity contribution in [3.05, 3.63) is 28.3 Å². The molecule has 0 bridgehead atoms. The van der Waals surface area contributed by atoms with Crippen molar-refractivity contribution in [1.29, 1.82) is 0 Å². The third-order valence-corrected chi connectivity index (χ3v) is 6.93. The van der Waals surface area contributed by atoms with E-state index in [9.17, 15) is 40.7 Å². The molecule has 0 N–H and O–H groups in total. The molecule has 0 aromatic heterocycles. The van der Waals surface area contributed by atoms with E-state index in [2.05, 4.69) is 0 Å². The molecule has 1 heterocycles. The van der Waals surface area contributed by atoms with Crippen LogP contribution in [-0.4, -0.2) is 77.7 Å². The number of benzene rings is 1. The van der Waals surface area contributed by atoms with Crippen molar-refractivity contribution in [2.24, 2.45) is 0 Å². The van der Waals surface area contributed by atoms with Gasteiger partial charge >= 0.3 is 5.51 Å². The minimum absolute atomic E-state index is 0.205. The average Bonchev–Trinajstić information content (AvgIpc) is 2.60. The van der Waals surface area contributed by atoms with Gasteiger partial charge in [0.1, 0.15) is 10.6 Å². The van der Waals surface area contributed by atoms with Crippen LogP contribution in [-0.2, 0) is 25.4 Å². The number of carbonyl (C=O) groups is 1. The molecule has 1 amide bonds. The Balaban J connectivity index is 2.29. The van der Waals surface area contributed by atoms with Crippen LogP contribution in [0.25, 0.3) is 0 Å². The number of halogens is 3. The lowest BCUT2D eigenvalue weighted by Crippen LogP contribution is -2.48. The third kappa shape index (κ3) is 4.67. The van der Waals surface area contributed by atoms with E-state index in [0.717, 1.165) is 0 Å². The summed E-state index contributed by atoms with van der Waals surface area (Å²) in [5.74, 6) is -1.12. The molecule has 14 heteroatoms. The first kappa shape index (κ1) is 22.2. The van der Waals surface area contributed by atoms with Gasteiger partial charge in [-0.3, -0.25) is 19.1 Å². The zero-order valence-corrected chi connectivity index (χ0v) is 16.1. The van der Waals surface area contributed by atoms with Gasteiger partial charge in [0.25, 0.3) is 15.5 Å². The summed E-state index contributed by atoms with van der Waals surface area (Å²) in [5.41, 5.74) is -6.70. The summed E-state index contributed by atoms with van der Waals surface area (Å²) in [6.07, 6.45) is 0. The number of alkyl halides is 3. The van der Waals surface area contributed by atoms with Crippen molar-refractivity contribution in [2.45, 2.75) is 15.3 Å². The highest BCUT2D eigenvalue weighted by Crippen LogP contribution is 2.34. The summed E-state index contributed by atoms with van der Waals surface area (Å²) in [4.78, 5) is 23.8. The Hall–Kier alpha value is -2.06. The minimum Gasteiger partial charge on any atom is -0.339 e. The summed E-state index contributed by atoms with van der Waals surface area (Å²) >= 11 is 0. The second-order valence-electron chi connectivity index (χ2n) is 6.01. The van der Waals surface area contributed by atoms with Crippen molar-refractivity contribution in [2.75, 3.05) is 39.0 Å². The number of carbonyl (C=O) groups excluding carboxylic acids is 1. The quantitative estimate of drug-likeness (QED) is 0.487. The maximum atomic E-state index is 12.6. The summed E-state index contributed by atoms with van der Waals surface area (Å²) in [7, 11) is -6.18. The lowest BCUT2D eigenvalue weighted by Gasteiger charge is -2.32. The van der Waals surface area contributed by atoms with Gasteiger partial charge in [0.05, 0.1) is 20.6 Å². The van der Waals surface area contributed by atoms with Crippen LogP contribution in [0.4, 0.5) is 18.9 Å². The molecule has 1 saturated heterocycles. The molecule has 9 nitrogen and oxygen atoms in total. The van der Waals surface area contributed by atoms with Crippen LogP contribution in [0.15, 0.2) is 28.0 Å². The van der Waals surface area contributed by atoms with E-state index in [0.29, 0.717) is 38.3 Å². The van der Waals surface area contributed by atoms with Crippen molar-refractivity contribution < 1.29 is 35.5 Å². The number of likely N-dealkylation sites (N-methyl/N-ethyl adjacent to an activating group) is 1. The number of nitro benzene ring substituents is 1. The van der Waals surface area contributed by atoms with Crippen LogP contribution in [0.5, 0.6) is 0 Å². The smallest absolute Gasteiger partial charge is 0.339 e.